The van der Waals surface area contributed by atoms with Gasteiger partial charge in [-0.3, -0.25) is 9.35 Å². The van der Waals surface area contributed by atoms with Gasteiger partial charge in [-0.2, -0.15) is 17.2 Å². The highest BCUT2D eigenvalue weighted by molar-refractivity contribution is 7.74. The van der Waals surface area contributed by atoms with Crippen molar-refractivity contribution in [2.45, 2.75) is 44.6 Å². The van der Waals surface area contributed by atoms with E-state index in [0.29, 0.717) is 17.8 Å². The zero-order chi connectivity index (χ0) is 15.3. The van der Waals surface area contributed by atoms with E-state index in [1.165, 1.54) is 0 Å². The van der Waals surface area contributed by atoms with Gasteiger partial charge >= 0.3 is 23.4 Å². The molecule has 0 saturated heterocycles. The summed E-state index contributed by atoms with van der Waals surface area (Å²) in [5.41, 5.74) is -0.622. The largest absolute Gasteiger partial charge is 0.456 e. The molecule has 4 fully saturated rings. The van der Waals surface area contributed by atoms with Gasteiger partial charge in [-0.05, 0) is 56.3 Å². The summed E-state index contributed by atoms with van der Waals surface area (Å²) in [4.78, 5) is 12.3. The summed E-state index contributed by atoms with van der Waals surface area (Å²) < 4.78 is 53.1. The van der Waals surface area contributed by atoms with Crippen LogP contribution in [-0.4, -0.2) is 27.4 Å². The molecule has 4 aliphatic rings. The molecular weight excluding hydrogens is 306 g/mol. The van der Waals surface area contributed by atoms with Crippen LogP contribution in [0.25, 0.3) is 0 Å². The van der Waals surface area contributed by atoms with E-state index in [1.54, 1.807) is 0 Å². The van der Waals surface area contributed by atoms with Gasteiger partial charge in [0.2, 0.25) is 0 Å². The van der Waals surface area contributed by atoms with Crippen molar-refractivity contribution in [2.24, 2.45) is 23.2 Å². The third-order valence-electron chi connectivity index (χ3n) is 5.04. The van der Waals surface area contributed by atoms with Crippen LogP contribution >= 0.6 is 0 Å². The van der Waals surface area contributed by atoms with Gasteiger partial charge in [-0.15, -0.1) is 0 Å². The SMILES string of the molecule is O=C(OCC(F)(F)OS(=O)O)C12CC3CC(CC(C3)C1)C2. The van der Waals surface area contributed by atoms with Crippen molar-refractivity contribution in [1.82, 2.24) is 0 Å². The second-order valence-corrected chi connectivity index (χ2v) is 7.31. The lowest BCUT2D eigenvalue weighted by molar-refractivity contribution is -0.221. The van der Waals surface area contributed by atoms with Gasteiger partial charge < -0.3 is 4.74 Å². The van der Waals surface area contributed by atoms with Gasteiger partial charge in [-0.1, -0.05) is 0 Å². The Morgan fingerprint density at radius 3 is 2.10 bits per heavy atom. The van der Waals surface area contributed by atoms with Crippen molar-refractivity contribution >= 4 is 17.3 Å². The normalized spacial score (nSPS) is 39.3. The van der Waals surface area contributed by atoms with Crippen LogP contribution in [0.5, 0.6) is 0 Å². The summed E-state index contributed by atoms with van der Waals surface area (Å²) in [5.74, 6) is 0.912. The Morgan fingerprint density at radius 1 is 1.19 bits per heavy atom. The second kappa shape index (κ2) is 5.24. The van der Waals surface area contributed by atoms with Gasteiger partial charge in [0, 0.05) is 0 Å². The molecule has 1 unspecified atom stereocenters. The van der Waals surface area contributed by atoms with Crippen LogP contribution in [-0.2, 0) is 25.1 Å². The van der Waals surface area contributed by atoms with Crippen molar-refractivity contribution in [3.05, 3.63) is 0 Å². The van der Waals surface area contributed by atoms with Crippen LogP contribution in [0.1, 0.15) is 38.5 Å². The quantitative estimate of drug-likeness (QED) is 0.621. The third kappa shape index (κ3) is 3.12. The van der Waals surface area contributed by atoms with Crippen LogP contribution in [0.4, 0.5) is 8.78 Å². The van der Waals surface area contributed by atoms with Gasteiger partial charge in [0.05, 0.1) is 5.41 Å². The third-order valence-corrected chi connectivity index (χ3v) is 5.42. The van der Waals surface area contributed by atoms with E-state index in [2.05, 4.69) is 4.18 Å². The van der Waals surface area contributed by atoms with Crippen molar-refractivity contribution in [1.29, 1.82) is 0 Å². The van der Waals surface area contributed by atoms with E-state index < -0.39 is 35.5 Å². The first-order chi connectivity index (χ1) is 9.78. The first-order valence-corrected chi connectivity index (χ1v) is 8.17. The minimum Gasteiger partial charge on any atom is -0.456 e. The molecule has 0 radical (unpaired) electrons. The van der Waals surface area contributed by atoms with E-state index in [0.717, 1.165) is 38.5 Å². The summed E-state index contributed by atoms with van der Waals surface area (Å²) in [5, 5.41) is 0. The summed E-state index contributed by atoms with van der Waals surface area (Å²) in [7, 11) is 0. The highest BCUT2D eigenvalue weighted by atomic mass is 32.2. The molecule has 5 nitrogen and oxygen atoms in total. The van der Waals surface area contributed by atoms with Crippen LogP contribution in [0.15, 0.2) is 0 Å². The smallest absolute Gasteiger partial charge is 0.403 e. The van der Waals surface area contributed by atoms with Crippen LogP contribution in [0, 0.1) is 23.2 Å². The van der Waals surface area contributed by atoms with Crippen molar-refractivity contribution in [3.8, 4) is 0 Å². The maximum absolute atomic E-state index is 13.2. The Hall–Kier alpha value is -0.600. The molecule has 0 aromatic heterocycles. The van der Waals surface area contributed by atoms with E-state index in [4.69, 9.17) is 9.29 Å². The molecule has 4 aliphatic carbocycles. The number of hydrogen-bond acceptors (Lipinski definition) is 4. The average molecular weight is 324 g/mol. The molecule has 0 heterocycles. The lowest BCUT2D eigenvalue weighted by atomic mass is 9.49. The topological polar surface area (TPSA) is 72.8 Å². The maximum Gasteiger partial charge on any atom is 0.403 e. The lowest BCUT2D eigenvalue weighted by Crippen LogP contribution is -2.51. The fourth-order valence-electron chi connectivity index (χ4n) is 4.79. The maximum atomic E-state index is 13.2. The fourth-order valence-corrected chi connectivity index (χ4v) is 5.05. The fraction of sp³-hybridized carbons (Fsp3) is 0.923. The molecule has 4 rings (SSSR count). The number of carbonyl (C=O) groups excluding carboxylic acids is 1. The molecular formula is C13H18F2O5S. The van der Waals surface area contributed by atoms with Crippen molar-refractivity contribution in [3.63, 3.8) is 0 Å². The van der Waals surface area contributed by atoms with Gasteiger partial charge in [-0.25, -0.2) is 0 Å². The summed E-state index contributed by atoms with van der Waals surface area (Å²) in [6.07, 6.45) is 1.61. The molecule has 0 aromatic rings. The Balaban J connectivity index is 1.62. The molecule has 1 atom stereocenters. The molecule has 4 saturated carbocycles. The zero-order valence-corrected chi connectivity index (χ0v) is 12.2. The van der Waals surface area contributed by atoms with E-state index in [-0.39, 0.29) is 0 Å². The van der Waals surface area contributed by atoms with E-state index >= 15 is 0 Å². The van der Waals surface area contributed by atoms with Gasteiger partial charge in [0.1, 0.15) is 0 Å². The predicted molar refractivity (Wildman–Crippen MR) is 68.4 cm³/mol. The number of carbonyl (C=O) groups is 1. The second-order valence-electron chi connectivity index (χ2n) is 6.71. The standard InChI is InChI=1S/C13H18F2O5S/c14-13(15,20-21(17)18)7-19-11(16)12-4-8-1-9(5-12)3-10(2-8)6-12/h8-10H,1-7H2,(H,17,18). The Bertz CT molecular complexity index is 432. The molecule has 0 spiro atoms. The average Bonchev–Trinajstić information content (AvgIpc) is 2.32. The summed E-state index contributed by atoms with van der Waals surface area (Å²) in [6.45, 7) is -1.32. The minimum absolute atomic E-state index is 0.505. The summed E-state index contributed by atoms with van der Waals surface area (Å²) >= 11 is -3.10. The number of esters is 1. The number of alkyl halides is 2. The highest BCUT2D eigenvalue weighted by Gasteiger charge is 2.56. The number of rotatable bonds is 5. The highest BCUT2D eigenvalue weighted by Crippen LogP contribution is 2.60. The monoisotopic (exact) mass is 324 g/mol. The molecule has 4 bridgehead atoms. The first kappa shape index (κ1) is 15.3. The molecule has 120 valence electrons. The van der Waals surface area contributed by atoms with Gasteiger partial charge in [0.25, 0.3) is 0 Å². The lowest BCUT2D eigenvalue weighted by Gasteiger charge is -2.55. The molecule has 0 amide bonds. The van der Waals surface area contributed by atoms with Crippen molar-refractivity contribution in [2.75, 3.05) is 6.61 Å². The Morgan fingerprint density at radius 2 is 1.67 bits per heavy atom. The Labute approximate surface area is 123 Å². The molecule has 1 N–H and O–H groups in total. The van der Waals surface area contributed by atoms with E-state index in [9.17, 15) is 17.8 Å². The number of hydrogen-bond donors (Lipinski definition) is 1. The molecule has 8 heteroatoms. The molecule has 21 heavy (non-hydrogen) atoms. The van der Waals surface area contributed by atoms with E-state index in [1.807, 2.05) is 0 Å². The minimum atomic E-state index is -3.95. The molecule has 0 aromatic carbocycles. The summed E-state index contributed by atoms with van der Waals surface area (Å²) in [6, 6.07) is 0. The van der Waals surface area contributed by atoms with Crippen LogP contribution in [0.2, 0.25) is 0 Å². The Kier molecular flexibility index (Phi) is 3.82. The van der Waals surface area contributed by atoms with Crippen LogP contribution in [0.3, 0.4) is 0 Å². The van der Waals surface area contributed by atoms with Crippen molar-refractivity contribution < 1.29 is 31.3 Å². The zero-order valence-electron chi connectivity index (χ0n) is 11.4. The number of halogens is 2. The predicted octanol–water partition coefficient (Wildman–Crippen LogP) is 2.49. The molecule has 0 aliphatic heterocycles. The number of ether oxygens (including phenoxy) is 1. The van der Waals surface area contributed by atoms with Crippen LogP contribution < -0.4 is 0 Å². The van der Waals surface area contributed by atoms with Gasteiger partial charge in [0.15, 0.2) is 6.61 Å². The first-order valence-electron chi connectivity index (χ1n) is 7.13.